The molecule has 1 fully saturated rings. The molecule has 140 valence electrons. The van der Waals surface area contributed by atoms with Crippen LogP contribution < -0.4 is 10.1 Å². The Labute approximate surface area is 153 Å². The fraction of sp³-hybridized carbons (Fsp3) is 0.562. The molecular weight excluding hydrogens is 366 g/mol. The van der Waals surface area contributed by atoms with Gasteiger partial charge in [-0.15, -0.1) is 0 Å². The SMILES string of the molecule is CNC1CCN(S(=O)(=O)c2cc(Cl)cc(C(=O)N(C)C)c2OC)CC1. The van der Waals surface area contributed by atoms with Crippen molar-refractivity contribution in [2.75, 3.05) is 41.3 Å². The van der Waals surface area contributed by atoms with E-state index in [-0.39, 0.29) is 27.1 Å². The summed E-state index contributed by atoms with van der Waals surface area (Å²) in [4.78, 5) is 13.7. The van der Waals surface area contributed by atoms with Gasteiger partial charge in [0, 0.05) is 38.2 Å². The number of carbonyl (C=O) groups excluding carboxylic acids is 1. The first kappa shape index (κ1) is 20.0. The molecule has 1 saturated heterocycles. The minimum absolute atomic E-state index is 0.0267. The third kappa shape index (κ3) is 4.08. The second kappa shape index (κ2) is 7.90. The monoisotopic (exact) mass is 389 g/mol. The fourth-order valence-electron chi connectivity index (χ4n) is 2.89. The zero-order valence-corrected chi connectivity index (χ0v) is 16.4. The summed E-state index contributed by atoms with van der Waals surface area (Å²) in [5.74, 6) is -0.344. The van der Waals surface area contributed by atoms with Gasteiger partial charge in [-0.05, 0) is 32.0 Å². The predicted molar refractivity (Wildman–Crippen MR) is 96.9 cm³/mol. The van der Waals surface area contributed by atoms with Crippen molar-refractivity contribution in [3.8, 4) is 5.75 Å². The summed E-state index contributed by atoms with van der Waals surface area (Å²) in [6, 6.07) is 3.07. The van der Waals surface area contributed by atoms with Crippen molar-refractivity contribution in [3.05, 3.63) is 22.7 Å². The second-order valence-electron chi connectivity index (χ2n) is 6.15. The highest BCUT2D eigenvalue weighted by Crippen LogP contribution is 2.35. The number of rotatable bonds is 5. The van der Waals surface area contributed by atoms with E-state index < -0.39 is 10.0 Å². The number of nitrogens with one attached hydrogen (secondary N) is 1. The third-order valence-corrected chi connectivity index (χ3v) is 6.46. The number of ether oxygens (including phenoxy) is 1. The summed E-state index contributed by atoms with van der Waals surface area (Å²) in [6.07, 6.45) is 1.45. The van der Waals surface area contributed by atoms with E-state index in [0.717, 1.165) is 12.8 Å². The van der Waals surface area contributed by atoms with Crippen LogP contribution in [0.25, 0.3) is 0 Å². The van der Waals surface area contributed by atoms with E-state index in [1.54, 1.807) is 14.1 Å². The first-order valence-corrected chi connectivity index (χ1v) is 9.80. The van der Waals surface area contributed by atoms with Gasteiger partial charge in [-0.3, -0.25) is 4.79 Å². The molecule has 1 heterocycles. The minimum atomic E-state index is -3.82. The van der Waals surface area contributed by atoms with Crippen molar-refractivity contribution in [1.82, 2.24) is 14.5 Å². The summed E-state index contributed by atoms with van der Waals surface area (Å²) >= 11 is 6.10. The fourth-order valence-corrected chi connectivity index (χ4v) is 4.85. The Kier molecular flexibility index (Phi) is 6.31. The van der Waals surface area contributed by atoms with Crippen molar-refractivity contribution in [2.24, 2.45) is 0 Å². The number of benzene rings is 1. The van der Waals surface area contributed by atoms with Crippen LogP contribution in [-0.2, 0) is 10.0 Å². The van der Waals surface area contributed by atoms with Gasteiger partial charge in [-0.2, -0.15) is 4.31 Å². The van der Waals surface area contributed by atoms with Gasteiger partial charge < -0.3 is 15.0 Å². The summed E-state index contributed by atoms with van der Waals surface area (Å²) in [5.41, 5.74) is 0.128. The Bertz CT molecular complexity index is 744. The van der Waals surface area contributed by atoms with Gasteiger partial charge in [0.2, 0.25) is 10.0 Å². The standard InChI is InChI=1S/C16H24ClN3O4S/c1-18-12-5-7-20(8-6-12)25(22,23)14-10-11(17)9-13(15(14)24-4)16(21)19(2)3/h9-10,12,18H,5-8H2,1-4H3. The highest BCUT2D eigenvalue weighted by Gasteiger charge is 2.33. The van der Waals surface area contributed by atoms with E-state index in [2.05, 4.69) is 5.32 Å². The van der Waals surface area contributed by atoms with Crippen LogP contribution in [0.1, 0.15) is 23.2 Å². The molecule has 1 aromatic carbocycles. The van der Waals surface area contributed by atoms with Crippen molar-refractivity contribution in [2.45, 2.75) is 23.8 Å². The van der Waals surface area contributed by atoms with E-state index in [1.165, 1.54) is 28.4 Å². The molecule has 1 aliphatic rings. The highest BCUT2D eigenvalue weighted by molar-refractivity contribution is 7.89. The average molecular weight is 390 g/mol. The maximum Gasteiger partial charge on any atom is 0.257 e. The molecule has 2 rings (SSSR count). The van der Waals surface area contributed by atoms with Gasteiger partial charge in [-0.25, -0.2) is 8.42 Å². The lowest BCUT2D eigenvalue weighted by Crippen LogP contribution is -2.44. The maximum absolute atomic E-state index is 13.1. The molecule has 25 heavy (non-hydrogen) atoms. The number of amides is 1. The van der Waals surface area contributed by atoms with Crippen LogP contribution in [0.2, 0.25) is 5.02 Å². The van der Waals surface area contributed by atoms with Crippen molar-refractivity contribution in [3.63, 3.8) is 0 Å². The van der Waals surface area contributed by atoms with E-state index >= 15 is 0 Å². The molecule has 0 unspecified atom stereocenters. The second-order valence-corrected chi connectivity index (χ2v) is 8.49. The van der Waals surface area contributed by atoms with Crippen LogP contribution in [0.3, 0.4) is 0 Å². The number of sulfonamides is 1. The lowest BCUT2D eigenvalue weighted by molar-refractivity contribution is 0.0823. The van der Waals surface area contributed by atoms with E-state index in [1.807, 2.05) is 7.05 Å². The normalized spacial score (nSPS) is 16.7. The number of carbonyl (C=O) groups is 1. The molecule has 1 amide bonds. The van der Waals surface area contributed by atoms with E-state index in [4.69, 9.17) is 16.3 Å². The molecule has 0 saturated carbocycles. The molecule has 0 atom stereocenters. The molecule has 1 N–H and O–H groups in total. The van der Waals surface area contributed by atoms with Crippen LogP contribution in [0.4, 0.5) is 0 Å². The van der Waals surface area contributed by atoms with Crippen LogP contribution in [-0.4, -0.2) is 70.9 Å². The predicted octanol–water partition coefficient (Wildman–Crippen LogP) is 1.42. The summed E-state index contributed by atoms with van der Waals surface area (Å²) in [6.45, 7) is 0.806. The van der Waals surface area contributed by atoms with E-state index in [0.29, 0.717) is 19.1 Å². The molecule has 0 radical (unpaired) electrons. The zero-order chi connectivity index (χ0) is 18.8. The largest absolute Gasteiger partial charge is 0.494 e. The van der Waals surface area contributed by atoms with Gasteiger partial charge in [-0.1, -0.05) is 11.6 Å². The Morgan fingerprint density at radius 3 is 2.40 bits per heavy atom. The minimum Gasteiger partial charge on any atom is -0.494 e. The Balaban J connectivity index is 2.49. The Morgan fingerprint density at radius 2 is 1.92 bits per heavy atom. The number of hydrogen-bond acceptors (Lipinski definition) is 5. The number of nitrogens with zero attached hydrogens (tertiary/aromatic N) is 2. The Hall–Kier alpha value is -1.35. The smallest absolute Gasteiger partial charge is 0.257 e. The van der Waals surface area contributed by atoms with Gasteiger partial charge in [0.1, 0.15) is 4.90 Å². The molecule has 1 aromatic rings. The highest BCUT2D eigenvalue weighted by atomic mass is 35.5. The van der Waals surface area contributed by atoms with Gasteiger partial charge in [0.25, 0.3) is 5.91 Å². The number of methoxy groups -OCH3 is 1. The molecule has 0 aliphatic carbocycles. The van der Waals surface area contributed by atoms with Crippen LogP contribution in [0.5, 0.6) is 5.75 Å². The molecule has 0 spiro atoms. The summed E-state index contributed by atoms with van der Waals surface area (Å²) in [7, 11) is 2.57. The van der Waals surface area contributed by atoms with Crippen LogP contribution in [0.15, 0.2) is 17.0 Å². The van der Waals surface area contributed by atoms with E-state index in [9.17, 15) is 13.2 Å². The van der Waals surface area contributed by atoms with Gasteiger partial charge in [0.15, 0.2) is 5.75 Å². The van der Waals surface area contributed by atoms with Crippen LogP contribution in [0, 0.1) is 0 Å². The Morgan fingerprint density at radius 1 is 1.32 bits per heavy atom. The summed E-state index contributed by atoms with van der Waals surface area (Å²) < 4.78 is 32.9. The summed E-state index contributed by atoms with van der Waals surface area (Å²) in [5, 5.41) is 3.34. The van der Waals surface area contributed by atoms with Crippen molar-refractivity contribution >= 4 is 27.5 Å². The number of piperidine rings is 1. The molecule has 9 heteroatoms. The topological polar surface area (TPSA) is 79.0 Å². The quantitative estimate of drug-likeness (QED) is 0.824. The van der Waals surface area contributed by atoms with Crippen molar-refractivity contribution < 1.29 is 17.9 Å². The molecular formula is C16H24ClN3O4S. The zero-order valence-electron chi connectivity index (χ0n) is 14.9. The maximum atomic E-state index is 13.1. The first-order chi connectivity index (χ1) is 11.7. The van der Waals surface area contributed by atoms with Crippen molar-refractivity contribution in [1.29, 1.82) is 0 Å². The third-order valence-electron chi connectivity index (χ3n) is 4.34. The molecule has 0 aromatic heterocycles. The molecule has 7 nitrogen and oxygen atoms in total. The lowest BCUT2D eigenvalue weighted by Gasteiger charge is -2.31. The van der Waals surface area contributed by atoms with Gasteiger partial charge >= 0.3 is 0 Å². The average Bonchev–Trinajstić information content (AvgIpc) is 2.60. The van der Waals surface area contributed by atoms with Crippen LogP contribution >= 0.6 is 11.6 Å². The lowest BCUT2D eigenvalue weighted by atomic mass is 10.1. The molecule has 0 bridgehead atoms. The first-order valence-electron chi connectivity index (χ1n) is 7.99. The number of halogens is 1. The number of hydrogen-bond donors (Lipinski definition) is 1. The van der Waals surface area contributed by atoms with Gasteiger partial charge in [0.05, 0.1) is 12.7 Å². The molecule has 1 aliphatic heterocycles.